The van der Waals surface area contributed by atoms with E-state index in [1.165, 1.54) is 15.3 Å². The van der Waals surface area contributed by atoms with Gasteiger partial charge in [0.05, 0.1) is 5.56 Å². The molecule has 1 fully saturated rings. The first kappa shape index (κ1) is 16.5. The van der Waals surface area contributed by atoms with Gasteiger partial charge in [-0.15, -0.1) is 11.3 Å². The van der Waals surface area contributed by atoms with E-state index in [9.17, 15) is 4.79 Å². The van der Waals surface area contributed by atoms with Crippen molar-refractivity contribution in [3.05, 3.63) is 69.7 Å². The van der Waals surface area contributed by atoms with Crippen molar-refractivity contribution < 1.29 is 4.79 Å². The van der Waals surface area contributed by atoms with Gasteiger partial charge >= 0.3 is 0 Å². The zero-order valence-corrected chi connectivity index (χ0v) is 15.6. The second-order valence-electron chi connectivity index (χ2n) is 6.21. The molecule has 3 aromatic rings. The Labute approximate surface area is 156 Å². The Morgan fingerprint density at radius 2 is 1.76 bits per heavy atom. The summed E-state index contributed by atoms with van der Waals surface area (Å²) < 4.78 is 0. The molecule has 5 heteroatoms. The minimum Gasteiger partial charge on any atom is -0.336 e. The number of thiophene rings is 2. The predicted octanol–water partition coefficient (Wildman–Crippen LogP) is 4.43. The van der Waals surface area contributed by atoms with Gasteiger partial charge in [-0.3, -0.25) is 9.69 Å². The van der Waals surface area contributed by atoms with E-state index in [4.69, 9.17) is 0 Å². The van der Waals surface area contributed by atoms with Crippen LogP contribution in [0.4, 0.5) is 0 Å². The average Bonchev–Trinajstić information content (AvgIpc) is 3.35. The maximum atomic E-state index is 12.4. The molecule has 0 N–H and O–H groups in total. The largest absolute Gasteiger partial charge is 0.336 e. The van der Waals surface area contributed by atoms with Crippen molar-refractivity contribution in [2.75, 3.05) is 26.2 Å². The topological polar surface area (TPSA) is 23.6 Å². The summed E-state index contributed by atoms with van der Waals surface area (Å²) in [6.07, 6.45) is 0. The summed E-state index contributed by atoms with van der Waals surface area (Å²) in [6.45, 7) is 4.47. The van der Waals surface area contributed by atoms with Crippen LogP contribution < -0.4 is 0 Å². The summed E-state index contributed by atoms with van der Waals surface area (Å²) >= 11 is 3.44. The molecule has 1 aliphatic rings. The summed E-state index contributed by atoms with van der Waals surface area (Å²) in [5, 5.41) is 3.90. The van der Waals surface area contributed by atoms with Crippen LogP contribution in [-0.4, -0.2) is 41.9 Å². The molecule has 0 bridgehead atoms. The Balaban J connectivity index is 1.33. The van der Waals surface area contributed by atoms with Crippen molar-refractivity contribution >= 4 is 28.6 Å². The van der Waals surface area contributed by atoms with Crippen molar-refractivity contribution in [3.63, 3.8) is 0 Å². The Kier molecular flexibility index (Phi) is 4.97. The van der Waals surface area contributed by atoms with Gasteiger partial charge in [-0.1, -0.05) is 30.3 Å². The van der Waals surface area contributed by atoms with Gasteiger partial charge in [0.15, 0.2) is 0 Å². The van der Waals surface area contributed by atoms with Crippen LogP contribution in [0.25, 0.3) is 10.4 Å². The molecule has 3 nitrogen and oxygen atoms in total. The van der Waals surface area contributed by atoms with Crippen LogP contribution >= 0.6 is 22.7 Å². The second kappa shape index (κ2) is 7.52. The van der Waals surface area contributed by atoms with Crippen LogP contribution in [0.15, 0.2) is 59.3 Å². The third-order valence-electron chi connectivity index (χ3n) is 4.53. The lowest BCUT2D eigenvalue weighted by molar-refractivity contribution is 0.0630. The van der Waals surface area contributed by atoms with Crippen LogP contribution in [0.1, 0.15) is 15.2 Å². The number of rotatable bonds is 4. The first-order chi connectivity index (χ1) is 12.3. The molecule has 1 aromatic carbocycles. The lowest BCUT2D eigenvalue weighted by Crippen LogP contribution is -2.48. The normalized spacial score (nSPS) is 15.4. The molecule has 2 aromatic heterocycles. The minimum absolute atomic E-state index is 0.170. The highest BCUT2D eigenvalue weighted by atomic mass is 32.1. The number of hydrogen-bond donors (Lipinski definition) is 0. The van der Waals surface area contributed by atoms with E-state index in [0.717, 1.165) is 38.3 Å². The maximum absolute atomic E-state index is 12.4. The first-order valence-electron chi connectivity index (χ1n) is 8.47. The number of carbonyl (C=O) groups excluding carboxylic acids is 1. The Bertz CT molecular complexity index is 819. The summed E-state index contributed by atoms with van der Waals surface area (Å²) in [5.41, 5.74) is 2.11. The van der Waals surface area contributed by atoms with Gasteiger partial charge in [0, 0.05) is 47.9 Å². The number of piperazine rings is 1. The fourth-order valence-corrected chi connectivity index (χ4v) is 4.80. The quantitative estimate of drug-likeness (QED) is 0.680. The third-order valence-corrected chi connectivity index (χ3v) is 6.33. The molecule has 0 radical (unpaired) electrons. The van der Waals surface area contributed by atoms with Crippen LogP contribution in [0.5, 0.6) is 0 Å². The van der Waals surface area contributed by atoms with E-state index >= 15 is 0 Å². The number of benzene rings is 1. The summed E-state index contributed by atoms with van der Waals surface area (Å²) in [4.78, 5) is 19.5. The van der Waals surface area contributed by atoms with Crippen LogP contribution in [0, 0.1) is 0 Å². The maximum Gasteiger partial charge on any atom is 0.254 e. The van der Waals surface area contributed by atoms with Gasteiger partial charge in [-0.2, -0.15) is 11.3 Å². The van der Waals surface area contributed by atoms with E-state index < -0.39 is 0 Å². The van der Waals surface area contributed by atoms with E-state index in [0.29, 0.717) is 0 Å². The zero-order chi connectivity index (χ0) is 17.1. The molecule has 0 aliphatic carbocycles. The van der Waals surface area contributed by atoms with Gasteiger partial charge in [0.25, 0.3) is 5.91 Å². The number of carbonyl (C=O) groups is 1. The Morgan fingerprint density at radius 1 is 0.960 bits per heavy atom. The van der Waals surface area contributed by atoms with E-state index in [2.05, 4.69) is 47.4 Å². The van der Waals surface area contributed by atoms with Gasteiger partial charge < -0.3 is 4.90 Å². The zero-order valence-electron chi connectivity index (χ0n) is 13.9. The Hall–Kier alpha value is -1.95. The smallest absolute Gasteiger partial charge is 0.254 e. The second-order valence-corrected chi connectivity index (χ2v) is 8.16. The van der Waals surface area contributed by atoms with Gasteiger partial charge in [-0.25, -0.2) is 0 Å². The van der Waals surface area contributed by atoms with E-state index in [1.54, 1.807) is 11.3 Å². The molecule has 0 saturated carbocycles. The van der Waals surface area contributed by atoms with Crippen molar-refractivity contribution in [1.29, 1.82) is 0 Å². The molecular weight excluding hydrogens is 348 g/mol. The van der Waals surface area contributed by atoms with E-state index in [-0.39, 0.29) is 5.91 Å². The molecule has 0 atom stereocenters. The van der Waals surface area contributed by atoms with E-state index in [1.807, 2.05) is 33.1 Å². The van der Waals surface area contributed by atoms with Crippen molar-refractivity contribution in [2.24, 2.45) is 0 Å². The monoisotopic (exact) mass is 368 g/mol. The fraction of sp³-hybridized carbons (Fsp3) is 0.250. The van der Waals surface area contributed by atoms with Gasteiger partial charge in [0.1, 0.15) is 0 Å². The lowest BCUT2D eigenvalue weighted by Gasteiger charge is -2.34. The molecule has 3 heterocycles. The van der Waals surface area contributed by atoms with Crippen molar-refractivity contribution in [1.82, 2.24) is 9.80 Å². The van der Waals surface area contributed by atoms with Crippen molar-refractivity contribution in [3.8, 4) is 10.4 Å². The highest BCUT2D eigenvalue weighted by Crippen LogP contribution is 2.28. The molecule has 0 unspecified atom stereocenters. The summed E-state index contributed by atoms with van der Waals surface area (Å²) in [6, 6.07) is 16.9. The minimum atomic E-state index is 0.170. The van der Waals surface area contributed by atoms with Crippen LogP contribution in [-0.2, 0) is 6.54 Å². The molecule has 128 valence electrons. The summed E-state index contributed by atoms with van der Waals surface area (Å²) in [7, 11) is 0. The molecule has 0 spiro atoms. The SMILES string of the molecule is O=C(c1ccsc1)N1CCN(Cc2ccc(-c3ccccc3)s2)CC1. The van der Waals surface area contributed by atoms with Crippen LogP contribution in [0.3, 0.4) is 0 Å². The number of hydrogen-bond acceptors (Lipinski definition) is 4. The first-order valence-corrected chi connectivity index (χ1v) is 10.2. The third kappa shape index (κ3) is 3.84. The lowest BCUT2D eigenvalue weighted by atomic mass is 10.2. The number of nitrogens with zero attached hydrogens (tertiary/aromatic N) is 2. The molecule has 1 aliphatic heterocycles. The van der Waals surface area contributed by atoms with Gasteiger partial charge in [0.2, 0.25) is 0 Å². The van der Waals surface area contributed by atoms with Crippen molar-refractivity contribution in [2.45, 2.75) is 6.54 Å². The number of amides is 1. The van der Waals surface area contributed by atoms with Crippen LogP contribution in [0.2, 0.25) is 0 Å². The highest BCUT2D eigenvalue weighted by molar-refractivity contribution is 7.15. The molecule has 4 rings (SSSR count). The van der Waals surface area contributed by atoms with Gasteiger partial charge in [-0.05, 0) is 29.1 Å². The molecular formula is C20H20N2OS2. The standard InChI is InChI=1S/C20H20N2OS2/c23-20(17-8-13-24-15-17)22-11-9-21(10-12-22)14-18-6-7-19(25-18)16-4-2-1-3-5-16/h1-8,13,15H,9-12,14H2. The molecule has 25 heavy (non-hydrogen) atoms. The molecule has 1 amide bonds. The average molecular weight is 369 g/mol. The highest BCUT2D eigenvalue weighted by Gasteiger charge is 2.22. The Morgan fingerprint density at radius 3 is 2.48 bits per heavy atom. The molecule has 1 saturated heterocycles. The summed E-state index contributed by atoms with van der Waals surface area (Å²) in [5.74, 6) is 0.170. The fourth-order valence-electron chi connectivity index (χ4n) is 3.12. The predicted molar refractivity (Wildman–Crippen MR) is 105 cm³/mol.